The van der Waals surface area contributed by atoms with Gasteiger partial charge in [0.1, 0.15) is 6.61 Å². The normalized spacial score (nSPS) is 17.2. The quantitative estimate of drug-likeness (QED) is 0.607. The van der Waals surface area contributed by atoms with Crippen LogP contribution in [0.5, 0.6) is 0 Å². The smallest absolute Gasteiger partial charge is 0.337 e. The minimum Gasteiger partial charge on any atom is -0.466 e. The number of anilines is 1. The number of methoxy groups -OCH3 is 2. The summed E-state index contributed by atoms with van der Waals surface area (Å²) in [6.07, 6.45) is 0. The van der Waals surface area contributed by atoms with Crippen molar-refractivity contribution in [3.63, 3.8) is 0 Å². The lowest BCUT2D eigenvalue weighted by Gasteiger charge is -2.35. The minimum atomic E-state index is -0.417. The molecule has 1 atom stereocenters. The third-order valence-electron chi connectivity index (χ3n) is 3.96. The fraction of sp³-hybridized carbons (Fsp3) is 0.353. The topological polar surface area (TPSA) is 79.9 Å². The first-order valence-electron chi connectivity index (χ1n) is 7.61. The molecule has 0 aliphatic carbocycles. The van der Waals surface area contributed by atoms with Crippen molar-refractivity contribution in [3.05, 3.63) is 41.1 Å². The highest BCUT2D eigenvalue weighted by Gasteiger charge is 2.33. The van der Waals surface area contributed by atoms with E-state index in [1.54, 1.807) is 24.1 Å². The van der Waals surface area contributed by atoms with Gasteiger partial charge in [0.25, 0.3) is 0 Å². The molecule has 0 bridgehead atoms. The molecule has 1 aliphatic rings. The predicted octanol–water partition coefficient (Wildman–Crippen LogP) is 1.58. The van der Waals surface area contributed by atoms with Gasteiger partial charge in [0.2, 0.25) is 5.91 Å². The Kier molecular flexibility index (Phi) is 6.11. The van der Waals surface area contributed by atoms with Crippen molar-refractivity contribution in [2.24, 2.45) is 0 Å². The van der Waals surface area contributed by atoms with Crippen LogP contribution in [0, 0.1) is 0 Å². The first-order valence-corrected chi connectivity index (χ1v) is 8.02. The lowest BCUT2D eigenvalue weighted by Crippen LogP contribution is -2.46. The van der Waals surface area contributed by atoms with Gasteiger partial charge in [0.15, 0.2) is 5.11 Å². The van der Waals surface area contributed by atoms with Gasteiger partial charge in [-0.15, -0.1) is 0 Å². The molecule has 7 nitrogen and oxygen atoms in total. The zero-order chi connectivity index (χ0) is 18.6. The molecule has 0 fully saturated rings. The number of ether oxygens (including phenoxy) is 2. The second-order valence-corrected chi connectivity index (χ2v) is 5.92. The molecule has 2 rings (SSSR count). The summed E-state index contributed by atoms with van der Waals surface area (Å²) in [6.45, 7) is 1.81. The standard InChI is InChI=1S/C17H21N3O4S/c1-10-14(16(22)24-4)15(19-17(25)20(10)2)11-5-7-12(8-6-11)18-13(21)9-23-3/h5-8,15H,9H2,1-4H3,(H,18,21)(H,19,25). The number of esters is 1. The van der Waals surface area contributed by atoms with Crippen LogP contribution in [0.15, 0.2) is 35.5 Å². The summed E-state index contributed by atoms with van der Waals surface area (Å²) < 4.78 is 9.70. The molecule has 134 valence electrons. The van der Waals surface area contributed by atoms with Crippen molar-refractivity contribution in [1.82, 2.24) is 10.2 Å². The van der Waals surface area contributed by atoms with Crippen LogP contribution >= 0.6 is 12.2 Å². The van der Waals surface area contributed by atoms with Crippen molar-refractivity contribution >= 4 is 34.9 Å². The highest BCUT2D eigenvalue weighted by molar-refractivity contribution is 7.80. The third-order valence-corrected chi connectivity index (χ3v) is 4.35. The van der Waals surface area contributed by atoms with E-state index in [0.29, 0.717) is 16.4 Å². The number of thiocarbonyl (C=S) groups is 1. The van der Waals surface area contributed by atoms with E-state index in [0.717, 1.165) is 11.3 Å². The molecule has 8 heteroatoms. The lowest BCUT2D eigenvalue weighted by atomic mass is 9.95. The maximum Gasteiger partial charge on any atom is 0.337 e. The zero-order valence-electron chi connectivity index (χ0n) is 14.6. The Hall–Kier alpha value is -2.45. The molecule has 25 heavy (non-hydrogen) atoms. The molecule has 1 amide bonds. The van der Waals surface area contributed by atoms with E-state index in [-0.39, 0.29) is 12.5 Å². The van der Waals surface area contributed by atoms with Crippen molar-refractivity contribution in [2.45, 2.75) is 13.0 Å². The van der Waals surface area contributed by atoms with Crippen LogP contribution in [0.25, 0.3) is 0 Å². The summed E-state index contributed by atoms with van der Waals surface area (Å²) in [6, 6.07) is 6.75. The maximum absolute atomic E-state index is 12.2. The third kappa shape index (κ3) is 4.15. The molecule has 1 heterocycles. The van der Waals surface area contributed by atoms with E-state index >= 15 is 0 Å². The van der Waals surface area contributed by atoms with Crippen LogP contribution in [-0.2, 0) is 19.1 Å². The number of carbonyl (C=O) groups excluding carboxylic acids is 2. The number of hydrogen-bond donors (Lipinski definition) is 2. The Balaban J connectivity index is 2.30. The Morgan fingerprint density at radius 2 is 1.92 bits per heavy atom. The van der Waals surface area contributed by atoms with Crippen LogP contribution in [-0.4, -0.2) is 49.8 Å². The van der Waals surface area contributed by atoms with Gasteiger partial charge >= 0.3 is 5.97 Å². The number of hydrogen-bond acceptors (Lipinski definition) is 5. The van der Waals surface area contributed by atoms with E-state index < -0.39 is 12.0 Å². The molecule has 1 aromatic rings. The Morgan fingerprint density at radius 3 is 2.48 bits per heavy atom. The van der Waals surface area contributed by atoms with Crippen LogP contribution in [0.1, 0.15) is 18.5 Å². The minimum absolute atomic E-state index is 0.0129. The fourth-order valence-electron chi connectivity index (χ4n) is 2.55. The highest BCUT2D eigenvalue weighted by Crippen LogP contribution is 2.31. The van der Waals surface area contributed by atoms with Gasteiger partial charge < -0.3 is 25.0 Å². The average Bonchev–Trinajstić information content (AvgIpc) is 2.59. The number of carbonyl (C=O) groups is 2. The summed E-state index contributed by atoms with van der Waals surface area (Å²) >= 11 is 5.33. The van der Waals surface area contributed by atoms with Crippen molar-refractivity contribution < 1.29 is 19.1 Å². The molecule has 0 aromatic heterocycles. The van der Waals surface area contributed by atoms with Crippen LogP contribution in [0.4, 0.5) is 5.69 Å². The first kappa shape index (κ1) is 18.9. The van der Waals surface area contributed by atoms with E-state index in [2.05, 4.69) is 10.6 Å². The molecule has 0 saturated heterocycles. The van der Waals surface area contributed by atoms with Crippen LogP contribution in [0.3, 0.4) is 0 Å². The summed E-state index contributed by atoms with van der Waals surface area (Å²) in [4.78, 5) is 25.5. The van der Waals surface area contributed by atoms with Crippen LogP contribution < -0.4 is 10.6 Å². The van der Waals surface area contributed by atoms with Gasteiger partial charge in [-0.1, -0.05) is 12.1 Å². The number of rotatable bonds is 5. The molecule has 0 spiro atoms. The van der Waals surface area contributed by atoms with E-state index in [1.807, 2.05) is 19.1 Å². The van der Waals surface area contributed by atoms with E-state index in [9.17, 15) is 9.59 Å². The SMILES string of the molecule is COCC(=O)Nc1ccc(C2NC(=S)N(C)C(C)=C2C(=O)OC)cc1. The summed E-state index contributed by atoms with van der Waals surface area (Å²) in [5, 5.41) is 6.39. The first-order chi connectivity index (χ1) is 11.9. The van der Waals surface area contributed by atoms with Gasteiger partial charge in [-0.2, -0.15) is 0 Å². The van der Waals surface area contributed by atoms with E-state index in [4.69, 9.17) is 21.7 Å². The summed E-state index contributed by atoms with van der Waals surface area (Å²) in [7, 11) is 4.60. The van der Waals surface area contributed by atoms with Gasteiger partial charge in [0.05, 0.1) is 18.7 Å². The Morgan fingerprint density at radius 1 is 1.28 bits per heavy atom. The maximum atomic E-state index is 12.2. The largest absolute Gasteiger partial charge is 0.466 e. The van der Waals surface area contributed by atoms with Crippen molar-refractivity contribution in [1.29, 1.82) is 0 Å². The van der Waals surface area contributed by atoms with Crippen LogP contribution in [0.2, 0.25) is 0 Å². The highest BCUT2D eigenvalue weighted by atomic mass is 32.1. The van der Waals surface area contributed by atoms with Gasteiger partial charge in [-0.3, -0.25) is 4.79 Å². The van der Waals surface area contributed by atoms with Gasteiger partial charge in [-0.25, -0.2) is 4.79 Å². The molecule has 0 saturated carbocycles. The molecular formula is C17H21N3O4S. The Bertz CT molecular complexity index is 715. The molecule has 0 radical (unpaired) electrons. The molecular weight excluding hydrogens is 342 g/mol. The number of allylic oxidation sites excluding steroid dienone is 1. The summed E-state index contributed by atoms with van der Waals surface area (Å²) in [5.74, 6) is -0.651. The number of nitrogens with zero attached hydrogens (tertiary/aromatic N) is 1. The lowest BCUT2D eigenvalue weighted by molar-refractivity contribution is -0.136. The monoisotopic (exact) mass is 363 g/mol. The number of benzene rings is 1. The van der Waals surface area contributed by atoms with Crippen molar-refractivity contribution in [3.8, 4) is 0 Å². The zero-order valence-corrected chi connectivity index (χ0v) is 15.4. The number of amides is 1. The predicted molar refractivity (Wildman–Crippen MR) is 97.9 cm³/mol. The average molecular weight is 363 g/mol. The molecule has 1 aliphatic heterocycles. The van der Waals surface area contributed by atoms with Gasteiger partial charge in [-0.05, 0) is 36.8 Å². The van der Waals surface area contributed by atoms with E-state index in [1.165, 1.54) is 14.2 Å². The van der Waals surface area contributed by atoms with Crippen molar-refractivity contribution in [2.75, 3.05) is 33.2 Å². The Labute approximate surface area is 152 Å². The second kappa shape index (κ2) is 8.09. The molecule has 2 N–H and O–H groups in total. The molecule has 1 aromatic carbocycles. The number of nitrogens with one attached hydrogen (secondary N) is 2. The van der Waals surface area contributed by atoms with Gasteiger partial charge in [0, 0.05) is 25.5 Å². The fourth-order valence-corrected chi connectivity index (χ4v) is 2.80. The summed E-state index contributed by atoms with van der Waals surface area (Å²) in [5.41, 5.74) is 2.70. The molecule has 1 unspecified atom stereocenters. The second-order valence-electron chi connectivity index (χ2n) is 5.54.